The van der Waals surface area contributed by atoms with E-state index in [0.717, 1.165) is 13.1 Å². The minimum atomic E-state index is -2.56. The monoisotopic (exact) mass is 650 g/mol. The molecule has 0 radical (unpaired) electrons. The molecule has 2 aliphatic carbocycles. The average Bonchev–Trinajstić information content (AvgIpc) is 3.55. The summed E-state index contributed by atoms with van der Waals surface area (Å²) in [5.41, 5.74) is 5.99. The summed E-state index contributed by atoms with van der Waals surface area (Å²) in [7, 11) is 7.21. The van der Waals surface area contributed by atoms with Crippen molar-refractivity contribution in [2.45, 2.75) is 71.3 Å². The van der Waals surface area contributed by atoms with E-state index in [2.05, 4.69) is 137 Å². The number of nitrogens with zero attached hydrogens (tertiary/aromatic N) is 2. The Hall–Kier alpha value is -1.43. The summed E-state index contributed by atoms with van der Waals surface area (Å²) in [6.07, 6.45) is 10.8. The SMILES string of the molecule is Cc1ccc([Si]([N-]C(C)(C)C)(c2ccc(C)cc2)[C@@H]2CC(N3Cc4ccccc4C3)C3C=CC=CC32)cc1.[CH3-].[Cl][Ti][Cl]. The molecule has 42 heavy (non-hydrogen) atoms. The number of allylic oxidation sites excluding steroid dienone is 3. The van der Waals surface area contributed by atoms with E-state index in [9.17, 15) is 0 Å². The van der Waals surface area contributed by atoms with Crippen LogP contribution in [0.25, 0.3) is 4.98 Å². The van der Waals surface area contributed by atoms with E-state index in [0.29, 0.717) is 23.4 Å². The molecule has 1 heterocycles. The standard InChI is InChI=1S/C35H41N2Si.CH3.2ClH.Ti/c1-25-14-18-29(19-15-25)38(36-35(3,4)5,30-20-16-26(2)17-21-30)34-22-33(31-12-8-9-13-32(31)34)37-23-27-10-6-7-11-28(27)24-37;;;;/h6-21,31-34H,22-24H2,1-5H3;1H3;2*1H;/q2*-1;;;+2/p-2/t31?,32?,33?,34-;;;;/m1..../s1. The van der Waals surface area contributed by atoms with Crippen molar-refractivity contribution in [2.24, 2.45) is 11.8 Å². The van der Waals surface area contributed by atoms with Gasteiger partial charge in [-0.2, -0.15) is 0 Å². The van der Waals surface area contributed by atoms with Gasteiger partial charge in [-0.1, -0.05) is 139 Å². The summed E-state index contributed by atoms with van der Waals surface area (Å²) in [5.74, 6) is 1.02. The van der Waals surface area contributed by atoms with Gasteiger partial charge in [0.05, 0.1) is 0 Å². The molecule has 4 atom stereocenters. The number of hydrogen-bond acceptors (Lipinski definition) is 1. The van der Waals surface area contributed by atoms with Crippen molar-refractivity contribution >= 4 is 37.2 Å². The predicted molar refractivity (Wildman–Crippen MR) is 182 cm³/mol. The Labute approximate surface area is 272 Å². The van der Waals surface area contributed by atoms with Crippen LogP contribution >= 0.6 is 18.6 Å². The van der Waals surface area contributed by atoms with Gasteiger partial charge in [-0.3, -0.25) is 4.90 Å². The number of rotatable bonds is 5. The molecule has 1 fully saturated rings. The van der Waals surface area contributed by atoms with Crippen LogP contribution < -0.4 is 10.4 Å². The number of aryl methyl sites for hydroxylation is 2. The molecule has 3 aliphatic rings. The molecule has 3 unspecified atom stereocenters. The van der Waals surface area contributed by atoms with Gasteiger partial charge in [0.1, 0.15) is 0 Å². The summed E-state index contributed by atoms with van der Waals surface area (Å²) < 4.78 is 0. The molecule has 2 nitrogen and oxygen atoms in total. The number of fused-ring (bicyclic) bond motifs is 2. The van der Waals surface area contributed by atoms with Crippen LogP contribution in [0.15, 0.2) is 97.1 Å². The topological polar surface area (TPSA) is 17.3 Å². The second kappa shape index (κ2) is 14.1. The number of benzene rings is 3. The summed E-state index contributed by atoms with van der Waals surface area (Å²) in [6.45, 7) is 13.4. The summed E-state index contributed by atoms with van der Waals surface area (Å²) in [5, 5.41) is 2.91. The third-order valence-corrected chi connectivity index (χ3v) is 14.1. The third-order valence-electron chi connectivity index (χ3n) is 8.99. The molecule has 3 aromatic rings. The van der Waals surface area contributed by atoms with E-state index >= 15 is 0 Å². The zero-order valence-electron chi connectivity index (χ0n) is 25.8. The van der Waals surface area contributed by atoms with Crippen molar-refractivity contribution in [2.75, 3.05) is 0 Å². The van der Waals surface area contributed by atoms with Crippen molar-refractivity contribution < 1.29 is 17.0 Å². The molecule has 6 heteroatoms. The zero-order valence-corrected chi connectivity index (χ0v) is 29.9. The van der Waals surface area contributed by atoms with Crippen molar-refractivity contribution in [3.8, 4) is 0 Å². The molecule has 3 aromatic carbocycles. The van der Waals surface area contributed by atoms with Gasteiger partial charge >= 0.3 is 35.6 Å². The van der Waals surface area contributed by atoms with Crippen LogP contribution in [0.3, 0.4) is 0 Å². The first kappa shape index (κ1) is 33.5. The van der Waals surface area contributed by atoms with Gasteiger partial charge in [0, 0.05) is 27.4 Å². The van der Waals surface area contributed by atoms with E-state index in [1.54, 1.807) is 0 Å². The second-order valence-electron chi connectivity index (χ2n) is 12.9. The molecular weight excluding hydrogens is 607 g/mol. The van der Waals surface area contributed by atoms with Crippen LogP contribution in [-0.4, -0.2) is 24.7 Å². The fraction of sp³-hybridized carbons (Fsp3) is 0.361. The van der Waals surface area contributed by atoms with Gasteiger partial charge in [-0.15, -0.1) is 5.54 Å². The first-order chi connectivity index (χ1) is 19.7. The van der Waals surface area contributed by atoms with Gasteiger partial charge < -0.3 is 12.4 Å². The molecule has 0 spiro atoms. The van der Waals surface area contributed by atoms with Gasteiger partial charge in [0.2, 0.25) is 0 Å². The fourth-order valence-corrected chi connectivity index (χ4v) is 12.9. The molecule has 0 amide bonds. The van der Waals surface area contributed by atoms with Crippen LogP contribution in [0.4, 0.5) is 0 Å². The Kier molecular flexibility index (Phi) is 11.3. The maximum absolute atomic E-state index is 5.98. The minimum absolute atomic E-state index is 0. The van der Waals surface area contributed by atoms with Crippen molar-refractivity contribution in [3.05, 3.63) is 132 Å². The molecule has 1 saturated carbocycles. The molecule has 1 aliphatic heterocycles. The molecule has 0 bridgehead atoms. The van der Waals surface area contributed by atoms with E-state index < -0.39 is 25.3 Å². The quantitative estimate of drug-likeness (QED) is 0.199. The van der Waals surface area contributed by atoms with Crippen molar-refractivity contribution in [3.63, 3.8) is 0 Å². The van der Waals surface area contributed by atoms with Gasteiger partial charge in [-0.25, -0.2) is 0 Å². The summed E-state index contributed by atoms with van der Waals surface area (Å²) in [6, 6.07) is 28.4. The van der Waals surface area contributed by atoms with Gasteiger partial charge in [0.25, 0.3) is 0 Å². The fourth-order valence-electron chi connectivity index (χ4n) is 7.39. The van der Waals surface area contributed by atoms with Crippen LogP contribution in [0, 0.1) is 33.1 Å². The second-order valence-corrected chi connectivity index (χ2v) is 19.1. The van der Waals surface area contributed by atoms with Crippen LogP contribution in [0.5, 0.6) is 0 Å². The van der Waals surface area contributed by atoms with Crippen molar-refractivity contribution in [1.29, 1.82) is 0 Å². The molecular formula is C36H44Cl2N2SiTi-2. The Bertz CT molecular complexity index is 1310. The van der Waals surface area contributed by atoms with Crippen LogP contribution in [-0.2, 0) is 30.1 Å². The predicted octanol–water partition coefficient (Wildman–Crippen LogP) is 8.88. The molecule has 0 aromatic heterocycles. The van der Waals surface area contributed by atoms with Gasteiger partial charge in [0.15, 0.2) is 0 Å². The maximum atomic E-state index is 5.98. The van der Waals surface area contributed by atoms with E-state index in [1.807, 2.05) is 0 Å². The van der Waals surface area contributed by atoms with Gasteiger partial charge in [-0.05, 0) is 48.8 Å². The van der Waals surface area contributed by atoms with Crippen molar-refractivity contribution in [1.82, 2.24) is 4.90 Å². The zero-order chi connectivity index (χ0) is 29.2. The normalized spacial score (nSPS) is 22.9. The third kappa shape index (κ3) is 6.94. The number of hydrogen-bond donors (Lipinski definition) is 0. The van der Waals surface area contributed by atoms with E-state index in [1.165, 1.54) is 39.0 Å². The van der Waals surface area contributed by atoms with E-state index in [4.69, 9.17) is 23.6 Å². The average molecular weight is 652 g/mol. The van der Waals surface area contributed by atoms with Crippen LogP contribution in [0.1, 0.15) is 49.4 Å². The molecule has 222 valence electrons. The summed E-state index contributed by atoms with van der Waals surface area (Å²) in [4.78, 5) is 8.75. The Balaban J connectivity index is 0.000000972. The van der Waals surface area contributed by atoms with E-state index in [-0.39, 0.29) is 13.0 Å². The molecule has 0 N–H and O–H groups in total. The van der Waals surface area contributed by atoms with Crippen LogP contribution in [0.2, 0.25) is 5.54 Å². The first-order valence-electron chi connectivity index (χ1n) is 14.7. The number of halogens is 2. The summed E-state index contributed by atoms with van der Waals surface area (Å²) >= 11 is -0.556. The molecule has 6 rings (SSSR count). The Morgan fingerprint density at radius 2 is 1.21 bits per heavy atom. The Morgan fingerprint density at radius 1 is 0.762 bits per heavy atom. The molecule has 0 saturated heterocycles. The Morgan fingerprint density at radius 3 is 1.67 bits per heavy atom. The first-order valence-corrected chi connectivity index (χ1v) is 21.0.